The molecule has 2 aromatic rings. The van der Waals surface area contributed by atoms with Crippen LogP contribution in [0.25, 0.3) is 0 Å². The molecule has 0 atom stereocenters. The topological polar surface area (TPSA) is 40.6 Å². The van der Waals surface area contributed by atoms with Gasteiger partial charge in [-0.2, -0.15) is 0 Å². The first-order valence-corrected chi connectivity index (χ1v) is 7.93. The molecule has 1 saturated heterocycles. The van der Waals surface area contributed by atoms with E-state index in [-0.39, 0.29) is 5.75 Å². The lowest BCUT2D eigenvalue weighted by Gasteiger charge is -2.32. The van der Waals surface area contributed by atoms with Crippen LogP contribution in [-0.2, 0) is 9.31 Å². The third-order valence-corrected chi connectivity index (χ3v) is 4.58. The van der Waals surface area contributed by atoms with Crippen molar-refractivity contribution in [3.05, 3.63) is 48.0 Å². The van der Waals surface area contributed by atoms with Crippen LogP contribution in [0.3, 0.4) is 0 Å². The van der Waals surface area contributed by atoms with Crippen LogP contribution in [0.5, 0.6) is 11.5 Å². The van der Waals surface area contributed by atoms with Gasteiger partial charge in [0.2, 0.25) is 0 Å². The van der Waals surface area contributed by atoms with E-state index in [1.165, 1.54) is 6.07 Å². The van der Waals surface area contributed by atoms with Gasteiger partial charge in [-0.15, -0.1) is 0 Å². The van der Waals surface area contributed by atoms with Crippen LogP contribution in [0.15, 0.2) is 36.5 Å². The summed E-state index contributed by atoms with van der Waals surface area (Å²) in [5.41, 5.74) is 0.515. The van der Waals surface area contributed by atoms with Gasteiger partial charge in [-0.3, -0.25) is 4.98 Å². The first-order valence-electron chi connectivity index (χ1n) is 7.93. The van der Waals surface area contributed by atoms with Crippen LogP contribution >= 0.6 is 0 Å². The SMILES string of the molecule is Cc1cc(Oc2ccc(B3OC(C)(C)C(C)(C)O3)cc2F)ccn1. The lowest BCUT2D eigenvalue weighted by Crippen LogP contribution is -2.41. The second-order valence-electron chi connectivity index (χ2n) is 7.01. The number of halogens is 1. The molecule has 6 heteroatoms. The Morgan fingerprint density at radius 1 is 1.04 bits per heavy atom. The minimum atomic E-state index is -0.596. The molecule has 0 bridgehead atoms. The van der Waals surface area contributed by atoms with E-state index >= 15 is 0 Å². The third kappa shape index (κ3) is 3.16. The summed E-state index contributed by atoms with van der Waals surface area (Å²) in [7, 11) is -0.596. The standard InChI is InChI=1S/C18H21BFNO3/c1-12-10-14(8-9-21-12)22-16-7-6-13(11-15(16)20)19-23-17(2,3)18(4,5)24-19/h6-11H,1-5H3. The Morgan fingerprint density at radius 3 is 2.29 bits per heavy atom. The van der Waals surface area contributed by atoms with Crippen LogP contribution in [0, 0.1) is 12.7 Å². The molecule has 1 aliphatic heterocycles. The molecule has 0 unspecified atom stereocenters. The Hall–Kier alpha value is -1.92. The molecule has 0 saturated carbocycles. The average Bonchev–Trinajstić information content (AvgIpc) is 2.70. The van der Waals surface area contributed by atoms with Gasteiger partial charge >= 0.3 is 7.12 Å². The summed E-state index contributed by atoms with van der Waals surface area (Å²) in [6.45, 7) is 9.71. The molecule has 0 radical (unpaired) electrons. The van der Waals surface area contributed by atoms with Crippen LogP contribution in [0.1, 0.15) is 33.4 Å². The fourth-order valence-corrected chi connectivity index (χ4v) is 2.44. The van der Waals surface area contributed by atoms with Gasteiger partial charge in [-0.1, -0.05) is 6.07 Å². The molecule has 24 heavy (non-hydrogen) atoms. The summed E-state index contributed by atoms with van der Waals surface area (Å²) in [5.74, 6) is 0.238. The summed E-state index contributed by atoms with van der Waals surface area (Å²) >= 11 is 0. The number of aromatic nitrogens is 1. The average molecular weight is 329 g/mol. The number of hydrogen-bond donors (Lipinski definition) is 0. The number of hydrogen-bond acceptors (Lipinski definition) is 4. The summed E-state index contributed by atoms with van der Waals surface area (Å²) in [4.78, 5) is 4.09. The van der Waals surface area contributed by atoms with E-state index in [1.54, 1.807) is 30.5 Å². The van der Waals surface area contributed by atoms with E-state index < -0.39 is 24.1 Å². The first-order chi connectivity index (χ1) is 11.2. The highest BCUT2D eigenvalue weighted by molar-refractivity contribution is 6.62. The van der Waals surface area contributed by atoms with Crippen molar-refractivity contribution >= 4 is 12.6 Å². The van der Waals surface area contributed by atoms with Crippen molar-refractivity contribution in [1.29, 1.82) is 0 Å². The molecule has 126 valence electrons. The highest BCUT2D eigenvalue weighted by atomic mass is 19.1. The quantitative estimate of drug-likeness (QED) is 0.807. The molecule has 1 fully saturated rings. The Labute approximate surface area is 142 Å². The van der Waals surface area contributed by atoms with Crippen molar-refractivity contribution in [2.24, 2.45) is 0 Å². The zero-order valence-corrected chi connectivity index (χ0v) is 14.6. The van der Waals surface area contributed by atoms with E-state index in [0.29, 0.717) is 11.2 Å². The van der Waals surface area contributed by atoms with Crippen molar-refractivity contribution in [3.63, 3.8) is 0 Å². The minimum absolute atomic E-state index is 0.154. The summed E-state index contributed by atoms with van der Waals surface area (Å²) in [5, 5.41) is 0. The van der Waals surface area contributed by atoms with Gasteiger partial charge in [-0.05, 0) is 58.3 Å². The van der Waals surface area contributed by atoms with Gasteiger partial charge in [0.15, 0.2) is 11.6 Å². The van der Waals surface area contributed by atoms with E-state index in [4.69, 9.17) is 14.0 Å². The fourth-order valence-electron chi connectivity index (χ4n) is 2.44. The van der Waals surface area contributed by atoms with Gasteiger partial charge < -0.3 is 14.0 Å². The summed E-state index contributed by atoms with van der Waals surface area (Å²) in [6, 6.07) is 8.18. The zero-order valence-electron chi connectivity index (χ0n) is 14.6. The van der Waals surface area contributed by atoms with Gasteiger partial charge in [0.25, 0.3) is 0 Å². The van der Waals surface area contributed by atoms with Crippen LogP contribution in [-0.4, -0.2) is 23.3 Å². The van der Waals surface area contributed by atoms with Crippen LogP contribution < -0.4 is 10.2 Å². The van der Waals surface area contributed by atoms with Crippen LogP contribution in [0.4, 0.5) is 4.39 Å². The molecule has 0 amide bonds. The highest BCUT2D eigenvalue weighted by Crippen LogP contribution is 2.36. The molecule has 0 spiro atoms. The molecule has 1 aliphatic rings. The third-order valence-electron chi connectivity index (χ3n) is 4.58. The lowest BCUT2D eigenvalue weighted by atomic mass is 9.79. The van der Waals surface area contributed by atoms with E-state index in [0.717, 1.165) is 5.69 Å². The molecule has 4 nitrogen and oxygen atoms in total. The largest absolute Gasteiger partial charge is 0.494 e. The molecule has 1 aromatic carbocycles. The summed E-state index contributed by atoms with van der Waals surface area (Å²) in [6.07, 6.45) is 1.63. The van der Waals surface area contributed by atoms with E-state index in [9.17, 15) is 4.39 Å². The second kappa shape index (κ2) is 5.86. The normalized spacial score (nSPS) is 18.7. The summed E-state index contributed by atoms with van der Waals surface area (Å²) < 4.78 is 31.9. The monoisotopic (exact) mass is 329 g/mol. The Balaban J connectivity index is 1.81. The van der Waals surface area contributed by atoms with Gasteiger partial charge in [0, 0.05) is 18.0 Å². The zero-order chi connectivity index (χ0) is 17.5. The molecule has 0 aliphatic carbocycles. The van der Waals surface area contributed by atoms with Crippen molar-refractivity contribution in [2.45, 2.75) is 45.8 Å². The van der Waals surface area contributed by atoms with Gasteiger partial charge in [-0.25, -0.2) is 4.39 Å². The number of aryl methyl sites for hydroxylation is 1. The smallest absolute Gasteiger partial charge is 0.454 e. The van der Waals surface area contributed by atoms with Crippen molar-refractivity contribution in [2.75, 3.05) is 0 Å². The molecular weight excluding hydrogens is 308 g/mol. The number of pyridine rings is 1. The number of rotatable bonds is 3. The van der Waals surface area contributed by atoms with E-state index in [2.05, 4.69) is 4.98 Å². The number of ether oxygens (including phenoxy) is 1. The van der Waals surface area contributed by atoms with Crippen molar-refractivity contribution < 1.29 is 18.4 Å². The van der Waals surface area contributed by atoms with Gasteiger partial charge in [0.1, 0.15) is 5.75 Å². The van der Waals surface area contributed by atoms with Gasteiger partial charge in [0.05, 0.1) is 11.2 Å². The molecular formula is C18H21BFNO3. The lowest BCUT2D eigenvalue weighted by molar-refractivity contribution is 0.00578. The second-order valence-corrected chi connectivity index (χ2v) is 7.01. The maximum atomic E-state index is 14.4. The fraction of sp³-hybridized carbons (Fsp3) is 0.389. The van der Waals surface area contributed by atoms with Crippen molar-refractivity contribution in [1.82, 2.24) is 4.98 Å². The van der Waals surface area contributed by atoms with Crippen LogP contribution in [0.2, 0.25) is 0 Å². The van der Waals surface area contributed by atoms with E-state index in [1.807, 2.05) is 34.6 Å². The predicted octanol–water partition coefficient (Wildman–Crippen LogP) is 3.62. The molecule has 2 heterocycles. The maximum absolute atomic E-state index is 14.4. The van der Waals surface area contributed by atoms with Crippen molar-refractivity contribution in [3.8, 4) is 11.5 Å². The Morgan fingerprint density at radius 2 is 1.71 bits per heavy atom. The number of benzene rings is 1. The maximum Gasteiger partial charge on any atom is 0.494 e. The highest BCUT2D eigenvalue weighted by Gasteiger charge is 2.51. The Bertz CT molecular complexity index is 748. The number of nitrogens with zero attached hydrogens (tertiary/aromatic N) is 1. The molecule has 0 N–H and O–H groups in total. The minimum Gasteiger partial charge on any atom is -0.454 e. The Kier molecular flexibility index (Phi) is 4.14. The molecule has 3 rings (SSSR count). The first kappa shape index (κ1) is 16.9. The predicted molar refractivity (Wildman–Crippen MR) is 91.2 cm³/mol. The molecule has 1 aromatic heterocycles.